The van der Waals surface area contributed by atoms with Crippen molar-refractivity contribution in [2.24, 2.45) is 11.7 Å². The number of primary amides is 1. The van der Waals surface area contributed by atoms with Gasteiger partial charge >= 0.3 is 0 Å². The topological polar surface area (TPSA) is 77.0 Å². The first-order chi connectivity index (χ1) is 10.4. The van der Waals surface area contributed by atoms with E-state index in [1.54, 1.807) is 4.68 Å². The van der Waals surface area contributed by atoms with Crippen LogP contribution in [0.15, 0.2) is 6.20 Å². The molecule has 6 nitrogen and oxygen atoms in total. The van der Waals surface area contributed by atoms with Gasteiger partial charge in [-0.2, -0.15) is 0 Å². The monoisotopic (exact) mass is 307 g/mol. The summed E-state index contributed by atoms with van der Waals surface area (Å²) in [5.74, 6) is 0.496. The van der Waals surface area contributed by atoms with Crippen LogP contribution in [0, 0.1) is 5.92 Å². The Labute approximate surface area is 133 Å². The van der Waals surface area contributed by atoms with Crippen molar-refractivity contribution in [3.8, 4) is 0 Å². The van der Waals surface area contributed by atoms with Gasteiger partial charge in [-0.1, -0.05) is 19.1 Å². The molecule has 0 saturated carbocycles. The predicted octanol–water partition coefficient (Wildman–Crippen LogP) is 1.94. The van der Waals surface area contributed by atoms with Crippen molar-refractivity contribution in [2.75, 3.05) is 13.1 Å². The number of aromatic nitrogens is 3. The number of likely N-dealkylation sites (tertiary alicyclic amines) is 1. The van der Waals surface area contributed by atoms with Crippen LogP contribution in [0.5, 0.6) is 0 Å². The van der Waals surface area contributed by atoms with Gasteiger partial charge in [0.1, 0.15) is 6.04 Å². The maximum Gasteiger partial charge on any atom is 0.242 e. The third-order valence-corrected chi connectivity index (χ3v) is 4.55. The summed E-state index contributed by atoms with van der Waals surface area (Å²) < 4.78 is 1.66. The molecule has 2 rings (SSSR count). The fourth-order valence-corrected chi connectivity index (χ4v) is 3.14. The summed E-state index contributed by atoms with van der Waals surface area (Å²) in [5.41, 5.74) is 6.52. The highest BCUT2D eigenvalue weighted by atomic mass is 16.1. The molecule has 0 radical (unpaired) electrons. The van der Waals surface area contributed by atoms with Crippen LogP contribution >= 0.6 is 0 Å². The van der Waals surface area contributed by atoms with E-state index < -0.39 is 6.04 Å². The van der Waals surface area contributed by atoms with E-state index in [1.807, 2.05) is 6.20 Å². The average molecular weight is 307 g/mol. The van der Waals surface area contributed by atoms with E-state index in [0.717, 1.165) is 31.6 Å². The third-order valence-electron chi connectivity index (χ3n) is 4.55. The molecule has 0 bridgehead atoms. The summed E-state index contributed by atoms with van der Waals surface area (Å²) in [6.07, 6.45) is 4.82. The largest absolute Gasteiger partial charge is 0.368 e. The van der Waals surface area contributed by atoms with Gasteiger partial charge in [0.2, 0.25) is 5.91 Å². The molecule has 2 N–H and O–H groups in total. The van der Waals surface area contributed by atoms with Crippen molar-refractivity contribution in [1.82, 2.24) is 19.9 Å². The average Bonchev–Trinajstić information content (AvgIpc) is 2.93. The Bertz CT molecular complexity index is 488. The van der Waals surface area contributed by atoms with Crippen molar-refractivity contribution < 1.29 is 4.79 Å². The summed E-state index contributed by atoms with van der Waals surface area (Å²) in [4.78, 5) is 14.2. The van der Waals surface area contributed by atoms with Crippen molar-refractivity contribution in [1.29, 1.82) is 0 Å². The predicted molar refractivity (Wildman–Crippen MR) is 86.4 cm³/mol. The van der Waals surface area contributed by atoms with E-state index in [4.69, 9.17) is 5.73 Å². The van der Waals surface area contributed by atoms with Gasteiger partial charge in [-0.25, -0.2) is 4.68 Å². The van der Waals surface area contributed by atoms with Crippen molar-refractivity contribution in [2.45, 2.75) is 65.0 Å². The number of rotatable bonds is 6. The molecule has 0 aromatic carbocycles. The van der Waals surface area contributed by atoms with Crippen molar-refractivity contribution in [3.05, 3.63) is 11.9 Å². The summed E-state index contributed by atoms with van der Waals surface area (Å²) in [5, 5.41) is 8.48. The highest BCUT2D eigenvalue weighted by Crippen LogP contribution is 2.28. The fraction of sp³-hybridized carbons (Fsp3) is 0.812. The molecule has 1 fully saturated rings. The highest BCUT2D eigenvalue weighted by Gasteiger charge is 2.26. The molecule has 0 aliphatic carbocycles. The molecular weight excluding hydrogens is 278 g/mol. The van der Waals surface area contributed by atoms with Crippen LogP contribution < -0.4 is 5.73 Å². The van der Waals surface area contributed by atoms with Crippen molar-refractivity contribution >= 4 is 5.91 Å². The molecule has 6 heteroatoms. The Balaban J connectivity index is 2.03. The van der Waals surface area contributed by atoms with Crippen LogP contribution in [0.1, 0.15) is 64.6 Å². The number of nitrogens with zero attached hydrogens (tertiary/aromatic N) is 4. The molecule has 1 atom stereocenters. The van der Waals surface area contributed by atoms with Gasteiger partial charge < -0.3 is 10.6 Å². The zero-order chi connectivity index (χ0) is 16.3. The van der Waals surface area contributed by atoms with E-state index in [9.17, 15) is 4.79 Å². The second kappa shape index (κ2) is 7.22. The molecule has 1 aromatic rings. The highest BCUT2D eigenvalue weighted by molar-refractivity contribution is 5.78. The van der Waals surface area contributed by atoms with Crippen LogP contribution in [-0.2, 0) is 4.79 Å². The summed E-state index contributed by atoms with van der Waals surface area (Å²) in [6, 6.07) is 0.207. The van der Waals surface area contributed by atoms with E-state index in [-0.39, 0.29) is 5.91 Å². The molecule has 1 amide bonds. The Kier molecular flexibility index (Phi) is 5.56. The molecule has 1 aromatic heterocycles. The minimum atomic E-state index is -0.392. The number of hydrogen-bond acceptors (Lipinski definition) is 4. The second-order valence-electron chi connectivity index (χ2n) is 7.08. The Morgan fingerprint density at radius 2 is 1.95 bits per heavy atom. The van der Waals surface area contributed by atoms with Crippen molar-refractivity contribution in [3.63, 3.8) is 0 Å². The number of carbonyl (C=O) groups is 1. The quantitative estimate of drug-likeness (QED) is 0.871. The minimum Gasteiger partial charge on any atom is -0.368 e. The van der Waals surface area contributed by atoms with Gasteiger partial charge in [-0.15, -0.1) is 5.10 Å². The smallest absolute Gasteiger partial charge is 0.242 e. The summed E-state index contributed by atoms with van der Waals surface area (Å²) in [6.45, 7) is 10.8. The normalized spacial score (nSPS) is 19.0. The van der Waals surface area contributed by atoms with Crippen LogP contribution in [0.3, 0.4) is 0 Å². The van der Waals surface area contributed by atoms with Crippen LogP contribution in [0.4, 0.5) is 0 Å². The molecule has 0 spiro atoms. The molecule has 0 unspecified atom stereocenters. The maximum absolute atomic E-state index is 11.7. The number of piperidine rings is 1. The van der Waals surface area contributed by atoms with Crippen LogP contribution in [0.25, 0.3) is 0 Å². The molecule has 1 aliphatic rings. The molecule has 1 saturated heterocycles. The number of amides is 1. The standard InChI is InChI=1S/C16H29N5O/c1-11(2)9-15(16(17)22)21-10-14(18-19-21)13-5-7-20(8-6-13)12(3)4/h10-13,15H,5-9H2,1-4H3,(H2,17,22)/t15-/m0/s1. The summed E-state index contributed by atoms with van der Waals surface area (Å²) >= 11 is 0. The van der Waals surface area contributed by atoms with Gasteiger partial charge in [0.25, 0.3) is 0 Å². The molecular formula is C16H29N5O. The Hall–Kier alpha value is -1.43. The van der Waals surface area contributed by atoms with Gasteiger partial charge in [0.05, 0.1) is 5.69 Å². The fourth-order valence-electron chi connectivity index (χ4n) is 3.14. The first kappa shape index (κ1) is 16.9. The van der Waals surface area contributed by atoms with E-state index in [0.29, 0.717) is 24.3 Å². The lowest BCUT2D eigenvalue weighted by molar-refractivity contribution is -0.121. The van der Waals surface area contributed by atoms with Gasteiger partial charge in [-0.3, -0.25) is 4.79 Å². The number of carbonyl (C=O) groups excluding carboxylic acids is 1. The zero-order valence-corrected chi connectivity index (χ0v) is 14.2. The molecule has 22 heavy (non-hydrogen) atoms. The van der Waals surface area contributed by atoms with Gasteiger partial charge in [0.15, 0.2) is 0 Å². The van der Waals surface area contributed by atoms with Crippen LogP contribution in [-0.4, -0.2) is 44.9 Å². The Morgan fingerprint density at radius 1 is 1.32 bits per heavy atom. The van der Waals surface area contributed by atoms with Gasteiger partial charge in [-0.05, 0) is 52.1 Å². The minimum absolute atomic E-state index is 0.334. The van der Waals surface area contributed by atoms with E-state index in [2.05, 4.69) is 42.9 Å². The molecule has 124 valence electrons. The first-order valence-corrected chi connectivity index (χ1v) is 8.33. The Morgan fingerprint density at radius 3 is 2.45 bits per heavy atom. The molecule has 1 aliphatic heterocycles. The number of nitrogens with two attached hydrogens (primary N) is 1. The SMILES string of the molecule is CC(C)C[C@@H](C(N)=O)n1cc(C2CCN(C(C)C)CC2)nn1. The summed E-state index contributed by atoms with van der Waals surface area (Å²) in [7, 11) is 0. The van der Waals surface area contributed by atoms with Crippen LogP contribution in [0.2, 0.25) is 0 Å². The maximum atomic E-state index is 11.7. The lowest BCUT2D eigenvalue weighted by Gasteiger charge is -2.33. The number of hydrogen-bond donors (Lipinski definition) is 1. The lowest BCUT2D eigenvalue weighted by atomic mass is 9.93. The van der Waals surface area contributed by atoms with Gasteiger partial charge in [0, 0.05) is 18.2 Å². The first-order valence-electron chi connectivity index (χ1n) is 8.33. The second-order valence-corrected chi connectivity index (χ2v) is 7.08. The van der Waals surface area contributed by atoms with E-state index >= 15 is 0 Å². The zero-order valence-electron chi connectivity index (χ0n) is 14.2. The third kappa shape index (κ3) is 4.06. The van der Waals surface area contributed by atoms with E-state index in [1.165, 1.54) is 0 Å². The lowest BCUT2D eigenvalue weighted by Crippen LogP contribution is -2.37. The molecule has 2 heterocycles.